The van der Waals surface area contributed by atoms with Gasteiger partial charge in [-0.15, -0.1) is 0 Å². The molecule has 0 saturated heterocycles. The molecular weight excluding hydrogens is 321 g/mol. The van der Waals surface area contributed by atoms with Gasteiger partial charge in [-0.05, 0) is 23.6 Å². The van der Waals surface area contributed by atoms with Crippen molar-refractivity contribution in [3.8, 4) is 0 Å². The Labute approximate surface area is 124 Å². The van der Waals surface area contributed by atoms with Crippen LogP contribution in [0.4, 0.5) is 0 Å². The highest BCUT2D eigenvalue weighted by Gasteiger charge is 1.92. The molecule has 0 aliphatic rings. The summed E-state index contributed by atoms with van der Waals surface area (Å²) in [5.41, 5.74) is 0. The summed E-state index contributed by atoms with van der Waals surface area (Å²) in [6, 6.07) is 0. The molecule has 0 bridgehead atoms. The second-order valence-electron chi connectivity index (χ2n) is 2.44. The Morgan fingerprint density at radius 2 is 0.647 bits per heavy atom. The number of rotatable bonds is 0. The van der Waals surface area contributed by atoms with Crippen molar-refractivity contribution in [3.05, 3.63) is 0 Å². The molecule has 0 heterocycles. The lowest BCUT2D eigenvalue weighted by atomic mass is 10.6. The van der Waals surface area contributed by atoms with Crippen LogP contribution in [-0.4, -0.2) is 46.7 Å². The van der Waals surface area contributed by atoms with Crippen molar-refractivity contribution in [2.24, 2.45) is 0 Å². The SMILES string of the molecule is CCC.CCC.OP(O)(O)=S.OP(O)(O)=S.[AlH3]. The maximum absolute atomic E-state index is 7.56. The molecule has 0 unspecified atom stereocenters. The van der Waals surface area contributed by atoms with Crippen LogP contribution in [0, 0.1) is 0 Å². The molecule has 0 rings (SSSR count). The first kappa shape index (κ1) is 31.1. The first-order valence-corrected chi connectivity index (χ1v) is 9.71. The van der Waals surface area contributed by atoms with E-state index in [1.165, 1.54) is 12.8 Å². The van der Waals surface area contributed by atoms with Crippen molar-refractivity contribution in [1.29, 1.82) is 0 Å². The van der Waals surface area contributed by atoms with E-state index in [0.29, 0.717) is 0 Å². The van der Waals surface area contributed by atoms with Crippen molar-refractivity contribution in [1.82, 2.24) is 0 Å². The summed E-state index contributed by atoms with van der Waals surface area (Å²) in [7, 11) is 0. The van der Waals surface area contributed by atoms with E-state index in [4.69, 9.17) is 29.4 Å². The molecule has 0 aliphatic carbocycles. The molecule has 0 aromatic heterocycles. The van der Waals surface area contributed by atoms with Crippen LogP contribution in [-0.2, 0) is 23.6 Å². The summed E-state index contributed by atoms with van der Waals surface area (Å²) in [5.74, 6) is 0. The van der Waals surface area contributed by atoms with Gasteiger partial charge in [0.2, 0.25) is 0 Å². The summed E-state index contributed by atoms with van der Waals surface area (Å²) >= 11 is 7.21. The fraction of sp³-hybridized carbons (Fsp3) is 1.00. The minimum absolute atomic E-state index is 0. The highest BCUT2D eigenvalue weighted by atomic mass is 32.5. The summed E-state index contributed by atoms with van der Waals surface area (Å²) in [4.78, 5) is 45.3. The molecule has 0 aromatic rings. The maximum atomic E-state index is 7.56. The van der Waals surface area contributed by atoms with Crippen molar-refractivity contribution in [3.63, 3.8) is 0 Å². The maximum Gasteiger partial charge on any atom is 0.319 e. The monoisotopic (exact) mass is 346 g/mol. The Balaban J connectivity index is -0.0000000381. The van der Waals surface area contributed by atoms with E-state index in [1.807, 2.05) is 0 Å². The molecule has 0 aromatic carbocycles. The molecule has 0 aliphatic heterocycles. The molecule has 0 amide bonds. The van der Waals surface area contributed by atoms with Crippen LogP contribution >= 0.6 is 13.4 Å². The van der Waals surface area contributed by atoms with E-state index in [2.05, 4.69) is 51.3 Å². The van der Waals surface area contributed by atoms with E-state index in [1.54, 1.807) is 0 Å². The quantitative estimate of drug-likeness (QED) is 0.268. The largest absolute Gasteiger partial charge is 0.325 e. The first-order chi connectivity index (χ1) is 6.83. The van der Waals surface area contributed by atoms with Gasteiger partial charge in [0.05, 0.1) is 0 Å². The van der Waals surface area contributed by atoms with Crippen molar-refractivity contribution in [2.45, 2.75) is 40.5 Å². The normalized spacial score (nSPS) is 9.06. The Morgan fingerprint density at radius 3 is 0.647 bits per heavy atom. The van der Waals surface area contributed by atoms with Gasteiger partial charge < -0.3 is 29.4 Å². The van der Waals surface area contributed by atoms with Gasteiger partial charge in [0.15, 0.2) is 17.4 Å². The lowest BCUT2D eigenvalue weighted by Crippen LogP contribution is -1.65. The zero-order valence-electron chi connectivity index (χ0n) is 9.81. The highest BCUT2D eigenvalue weighted by molar-refractivity contribution is 8.06. The van der Waals surface area contributed by atoms with Crippen molar-refractivity contribution >= 4 is 54.4 Å². The van der Waals surface area contributed by atoms with Crippen LogP contribution in [0.2, 0.25) is 0 Å². The molecule has 6 N–H and O–H groups in total. The Hall–Kier alpha value is 1.59. The smallest absolute Gasteiger partial charge is 0.319 e. The van der Waals surface area contributed by atoms with E-state index >= 15 is 0 Å². The average molecular weight is 346 g/mol. The van der Waals surface area contributed by atoms with Crippen LogP contribution in [0.1, 0.15) is 40.5 Å². The summed E-state index contributed by atoms with van der Waals surface area (Å²) in [6.07, 6.45) is 2.50. The van der Waals surface area contributed by atoms with Gasteiger partial charge in [0, 0.05) is 0 Å². The van der Waals surface area contributed by atoms with Crippen LogP contribution in [0.15, 0.2) is 0 Å². The van der Waals surface area contributed by atoms with Gasteiger partial charge in [-0.25, -0.2) is 0 Å². The molecule has 6 nitrogen and oxygen atoms in total. The van der Waals surface area contributed by atoms with Crippen LogP contribution in [0.25, 0.3) is 0 Å². The van der Waals surface area contributed by atoms with E-state index < -0.39 is 13.4 Å². The minimum Gasteiger partial charge on any atom is -0.325 e. The van der Waals surface area contributed by atoms with Crippen LogP contribution in [0.3, 0.4) is 0 Å². The van der Waals surface area contributed by atoms with Gasteiger partial charge in [-0.1, -0.05) is 40.5 Å². The topological polar surface area (TPSA) is 121 Å². The Bertz CT molecular complexity index is 168. The standard InChI is InChI=1S/2C3H8.Al.2H3O3PS.3H/c2*1-3-2;;2*1-4(2,3)5;;;/h2*3H2,1-2H3;;2*(H3,1,2,3,5);;;. The lowest BCUT2D eigenvalue weighted by Gasteiger charge is -1.88. The summed E-state index contributed by atoms with van der Waals surface area (Å²) < 4.78 is 0. The van der Waals surface area contributed by atoms with Crippen LogP contribution < -0.4 is 0 Å². The molecule has 0 radical (unpaired) electrons. The third-order valence-electron chi connectivity index (χ3n) is 0. The fourth-order valence-corrected chi connectivity index (χ4v) is 0. The first-order valence-electron chi connectivity index (χ1n) is 4.39. The molecular formula is C6H25AlO6P2S2. The average Bonchev–Trinajstić information content (AvgIpc) is 1.79. The fourth-order valence-electron chi connectivity index (χ4n) is 0. The van der Waals surface area contributed by atoms with Gasteiger partial charge >= 0.3 is 13.4 Å². The summed E-state index contributed by atoms with van der Waals surface area (Å²) in [5, 5.41) is 0. The highest BCUT2D eigenvalue weighted by Crippen LogP contribution is 2.26. The third-order valence-corrected chi connectivity index (χ3v) is 0. The van der Waals surface area contributed by atoms with Gasteiger partial charge in [-0.3, -0.25) is 0 Å². The third kappa shape index (κ3) is 1690. The molecule has 17 heavy (non-hydrogen) atoms. The molecule has 0 atom stereocenters. The Morgan fingerprint density at radius 1 is 0.647 bits per heavy atom. The zero-order valence-corrected chi connectivity index (χ0v) is 13.2. The van der Waals surface area contributed by atoms with E-state index in [0.717, 1.165) is 0 Å². The molecule has 0 fully saturated rings. The van der Waals surface area contributed by atoms with E-state index in [9.17, 15) is 0 Å². The van der Waals surface area contributed by atoms with Crippen molar-refractivity contribution in [2.75, 3.05) is 0 Å². The van der Waals surface area contributed by atoms with E-state index in [-0.39, 0.29) is 17.4 Å². The number of hydrogen-bond donors (Lipinski definition) is 6. The second-order valence-corrected chi connectivity index (χ2v) is 7.43. The molecule has 11 heteroatoms. The molecule has 0 saturated carbocycles. The van der Waals surface area contributed by atoms with Crippen LogP contribution in [0.5, 0.6) is 0 Å². The second kappa shape index (κ2) is 19.9. The Kier molecular flexibility index (Phi) is 36.5. The van der Waals surface area contributed by atoms with Crippen molar-refractivity contribution < 1.29 is 29.4 Å². The molecule has 0 spiro atoms. The van der Waals surface area contributed by atoms with Gasteiger partial charge in [0.25, 0.3) is 0 Å². The predicted octanol–water partition coefficient (Wildman–Crippen LogP) is 0.0243. The zero-order chi connectivity index (χ0) is 14.4. The molecule has 110 valence electrons. The number of hydrogen-bond acceptors (Lipinski definition) is 2. The predicted molar refractivity (Wildman–Crippen MR) is 83.8 cm³/mol. The summed E-state index contributed by atoms with van der Waals surface area (Å²) in [6.45, 7) is 0.889. The minimum atomic E-state index is -3.81. The van der Waals surface area contributed by atoms with Gasteiger partial charge in [-0.2, -0.15) is 0 Å². The van der Waals surface area contributed by atoms with Gasteiger partial charge in [0.1, 0.15) is 0 Å². The lowest BCUT2D eigenvalue weighted by molar-refractivity contribution is 0.361.